The molecule has 1 unspecified atom stereocenters. The summed E-state index contributed by atoms with van der Waals surface area (Å²) in [6.45, 7) is 2.50. The van der Waals surface area contributed by atoms with Crippen molar-refractivity contribution in [3.05, 3.63) is 57.4 Å². The summed E-state index contributed by atoms with van der Waals surface area (Å²) in [7, 11) is 1.54. The standard InChI is InChI=1S/C21H20N2O4/c1-3-12(10-24)16-8-19-20-14(9-23(19)21(26)17(16)11-27-2)6-13-7-15(25)4-5-18(13)22-20/h4-8,10,12,25H,3,9,11H2,1-2H3. The molecule has 6 nitrogen and oxygen atoms in total. The van der Waals surface area contributed by atoms with E-state index in [0.29, 0.717) is 24.1 Å². The number of carbonyl (C=O) groups is 1. The number of nitrogens with zero attached hydrogens (tertiary/aromatic N) is 2. The lowest BCUT2D eigenvalue weighted by molar-refractivity contribution is -0.109. The molecule has 4 rings (SSSR count). The van der Waals surface area contributed by atoms with Gasteiger partial charge in [-0.3, -0.25) is 4.79 Å². The number of methoxy groups -OCH3 is 1. The first-order chi connectivity index (χ1) is 13.1. The number of fused-ring (bicyclic) bond motifs is 4. The molecule has 6 heteroatoms. The van der Waals surface area contributed by atoms with Crippen molar-refractivity contribution >= 4 is 17.2 Å². The lowest BCUT2D eigenvalue weighted by atomic mass is 9.93. The Morgan fingerprint density at radius 1 is 1.33 bits per heavy atom. The molecule has 1 aliphatic rings. The van der Waals surface area contributed by atoms with Crippen LogP contribution in [0.4, 0.5) is 0 Å². The summed E-state index contributed by atoms with van der Waals surface area (Å²) in [6, 6.07) is 8.87. The van der Waals surface area contributed by atoms with E-state index in [9.17, 15) is 14.7 Å². The topological polar surface area (TPSA) is 81.4 Å². The first-order valence-corrected chi connectivity index (χ1v) is 8.91. The molecule has 0 amide bonds. The van der Waals surface area contributed by atoms with Gasteiger partial charge in [0.15, 0.2) is 0 Å². The zero-order valence-electron chi connectivity index (χ0n) is 15.2. The fraction of sp³-hybridized carbons (Fsp3) is 0.286. The van der Waals surface area contributed by atoms with Crippen molar-refractivity contribution in [1.29, 1.82) is 0 Å². The molecule has 0 bridgehead atoms. The second kappa shape index (κ2) is 6.63. The SMILES string of the molecule is CCC(C=O)c1cc2n(c(=O)c1COC)Cc1cc3cc(O)ccc3nc1-2. The quantitative estimate of drug-likeness (QED) is 0.551. The van der Waals surface area contributed by atoms with Crippen molar-refractivity contribution in [2.45, 2.75) is 32.4 Å². The molecular weight excluding hydrogens is 344 g/mol. The van der Waals surface area contributed by atoms with Crippen LogP contribution in [0.5, 0.6) is 5.75 Å². The molecule has 0 spiro atoms. The zero-order chi connectivity index (χ0) is 19.1. The Morgan fingerprint density at radius 3 is 2.85 bits per heavy atom. The van der Waals surface area contributed by atoms with Crippen molar-refractivity contribution in [3.8, 4) is 17.1 Å². The number of rotatable bonds is 5. The molecule has 0 saturated heterocycles. The lowest BCUT2D eigenvalue weighted by Crippen LogP contribution is -2.26. The number of benzene rings is 1. The normalized spacial score (nSPS) is 13.4. The minimum absolute atomic E-state index is 0.144. The first-order valence-electron chi connectivity index (χ1n) is 8.91. The Kier molecular flexibility index (Phi) is 4.28. The molecule has 1 N–H and O–H groups in total. The number of carbonyl (C=O) groups excluding carboxylic acids is 1. The van der Waals surface area contributed by atoms with E-state index in [2.05, 4.69) is 0 Å². The zero-order valence-corrected chi connectivity index (χ0v) is 15.2. The Bertz CT molecular complexity index is 1120. The Morgan fingerprint density at radius 2 is 2.15 bits per heavy atom. The number of aromatic nitrogens is 2. The maximum absolute atomic E-state index is 13.1. The highest BCUT2D eigenvalue weighted by atomic mass is 16.5. The van der Waals surface area contributed by atoms with E-state index in [4.69, 9.17) is 9.72 Å². The highest BCUT2D eigenvalue weighted by Crippen LogP contribution is 2.35. The van der Waals surface area contributed by atoms with Gasteiger partial charge in [0.25, 0.3) is 5.56 Å². The molecule has 3 heterocycles. The number of hydrogen-bond acceptors (Lipinski definition) is 5. The van der Waals surface area contributed by atoms with Crippen LogP contribution in [0, 0.1) is 0 Å². The summed E-state index contributed by atoms with van der Waals surface area (Å²) >= 11 is 0. The van der Waals surface area contributed by atoms with Crippen LogP contribution in [0.15, 0.2) is 35.1 Å². The molecule has 138 valence electrons. The van der Waals surface area contributed by atoms with Gasteiger partial charge in [-0.15, -0.1) is 0 Å². The Hall–Kier alpha value is -2.99. The lowest BCUT2D eigenvalue weighted by Gasteiger charge is -2.16. The van der Waals surface area contributed by atoms with Crippen LogP contribution < -0.4 is 5.56 Å². The summed E-state index contributed by atoms with van der Waals surface area (Å²) in [5.74, 6) is -0.173. The number of phenolic OH excluding ortho intramolecular Hbond substituents is 1. The molecule has 0 aliphatic carbocycles. The predicted octanol–water partition coefficient (Wildman–Crippen LogP) is 2.97. The maximum atomic E-state index is 13.1. The average molecular weight is 364 g/mol. The largest absolute Gasteiger partial charge is 0.508 e. The highest BCUT2D eigenvalue weighted by molar-refractivity contribution is 5.85. The van der Waals surface area contributed by atoms with Crippen molar-refractivity contribution in [1.82, 2.24) is 9.55 Å². The van der Waals surface area contributed by atoms with Gasteiger partial charge in [0.2, 0.25) is 0 Å². The number of ether oxygens (including phenoxy) is 1. The van der Waals surface area contributed by atoms with Gasteiger partial charge >= 0.3 is 0 Å². The molecule has 1 aliphatic heterocycles. The third-order valence-corrected chi connectivity index (χ3v) is 5.18. The van der Waals surface area contributed by atoms with E-state index >= 15 is 0 Å². The summed E-state index contributed by atoms with van der Waals surface area (Å²) < 4.78 is 6.92. The molecule has 1 atom stereocenters. The number of aromatic hydroxyl groups is 1. The van der Waals surface area contributed by atoms with Crippen molar-refractivity contribution in [3.63, 3.8) is 0 Å². The van der Waals surface area contributed by atoms with Crippen molar-refractivity contribution in [2.75, 3.05) is 7.11 Å². The van der Waals surface area contributed by atoms with E-state index in [1.165, 1.54) is 0 Å². The fourth-order valence-corrected chi connectivity index (χ4v) is 3.79. The van der Waals surface area contributed by atoms with Crippen LogP contribution in [0.3, 0.4) is 0 Å². The monoisotopic (exact) mass is 364 g/mol. The molecule has 0 radical (unpaired) electrons. The van der Waals surface area contributed by atoms with Crippen LogP contribution in [-0.2, 0) is 22.7 Å². The van der Waals surface area contributed by atoms with E-state index < -0.39 is 0 Å². The summed E-state index contributed by atoms with van der Waals surface area (Å²) in [4.78, 5) is 29.4. The molecule has 2 aromatic heterocycles. The second-order valence-electron chi connectivity index (χ2n) is 6.81. The van der Waals surface area contributed by atoms with Crippen LogP contribution >= 0.6 is 0 Å². The Balaban J connectivity index is 1.97. The van der Waals surface area contributed by atoms with Gasteiger partial charge in [-0.1, -0.05) is 6.92 Å². The van der Waals surface area contributed by atoms with E-state index in [1.54, 1.807) is 29.9 Å². The second-order valence-corrected chi connectivity index (χ2v) is 6.81. The van der Waals surface area contributed by atoms with Gasteiger partial charge in [-0.05, 0) is 42.3 Å². The number of phenols is 1. The van der Waals surface area contributed by atoms with Crippen LogP contribution in [0.2, 0.25) is 0 Å². The first kappa shape index (κ1) is 17.4. The average Bonchev–Trinajstić information content (AvgIpc) is 3.01. The van der Waals surface area contributed by atoms with Gasteiger partial charge in [0.1, 0.15) is 12.0 Å². The van der Waals surface area contributed by atoms with E-state index in [1.807, 2.05) is 19.1 Å². The highest BCUT2D eigenvalue weighted by Gasteiger charge is 2.27. The number of aldehydes is 1. The van der Waals surface area contributed by atoms with E-state index in [-0.39, 0.29) is 23.8 Å². The van der Waals surface area contributed by atoms with Crippen molar-refractivity contribution < 1.29 is 14.6 Å². The minimum atomic E-state index is -0.352. The molecule has 0 saturated carbocycles. The van der Waals surface area contributed by atoms with Crippen molar-refractivity contribution in [2.24, 2.45) is 0 Å². The number of hydrogen-bond donors (Lipinski definition) is 1. The molecule has 27 heavy (non-hydrogen) atoms. The van der Waals surface area contributed by atoms with Gasteiger partial charge in [0.05, 0.1) is 30.1 Å². The molecular formula is C21H20N2O4. The van der Waals surface area contributed by atoms with Crippen LogP contribution in [0.25, 0.3) is 22.3 Å². The fourth-order valence-electron chi connectivity index (χ4n) is 3.79. The maximum Gasteiger partial charge on any atom is 0.257 e. The minimum Gasteiger partial charge on any atom is -0.508 e. The summed E-state index contributed by atoms with van der Waals surface area (Å²) in [5.41, 5.74) is 4.23. The molecule has 0 fully saturated rings. The molecule has 1 aromatic carbocycles. The van der Waals surface area contributed by atoms with Gasteiger partial charge in [-0.2, -0.15) is 0 Å². The number of pyridine rings is 2. The van der Waals surface area contributed by atoms with Gasteiger partial charge in [-0.25, -0.2) is 4.98 Å². The molecule has 3 aromatic rings. The summed E-state index contributed by atoms with van der Waals surface area (Å²) in [6.07, 6.45) is 1.50. The predicted molar refractivity (Wildman–Crippen MR) is 102 cm³/mol. The third kappa shape index (κ3) is 2.73. The van der Waals surface area contributed by atoms with Gasteiger partial charge < -0.3 is 19.2 Å². The summed E-state index contributed by atoms with van der Waals surface area (Å²) in [5, 5.41) is 10.5. The third-order valence-electron chi connectivity index (χ3n) is 5.18. The van der Waals surface area contributed by atoms with E-state index in [0.717, 1.165) is 34.1 Å². The van der Waals surface area contributed by atoms with Gasteiger partial charge in [0, 0.05) is 29.5 Å². The Labute approximate surface area is 156 Å². The van der Waals surface area contributed by atoms with Crippen LogP contribution in [0.1, 0.15) is 36.0 Å². The smallest absolute Gasteiger partial charge is 0.257 e. The van der Waals surface area contributed by atoms with Crippen LogP contribution in [-0.4, -0.2) is 28.1 Å².